The van der Waals surface area contributed by atoms with E-state index in [9.17, 15) is 0 Å². The van der Waals surface area contributed by atoms with Crippen LogP contribution in [0.1, 0.15) is 12.0 Å². The minimum absolute atomic E-state index is 0.634. The molecular formula is C13H19N3. The summed E-state index contributed by atoms with van der Waals surface area (Å²) >= 11 is 0. The summed E-state index contributed by atoms with van der Waals surface area (Å²) in [7, 11) is 2.24. The van der Waals surface area contributed by atoms with Crippen LogP contribution in [0.5, 0.6) is 0 Å². The predicted molar refractivity (Wildman–Crippen MR) is 66.5 cm³/mol. The predicted octanol–water partition coefficient (Wildman–Crippen LogP) is 1.04. The molecule has 0 aromatic heterocycles. The minimum Gasteiger partial charge on any atom is -0.366 e. The van der Waals surface area contributed by atoms with Gasteiger partial charge in [-0.2, -0.15) is 0 Å². The van der Waals surface area contributed by atoms with Crippen molar-refractivity contribution in [2.75, 3.05) is 25.0 Å². The average molecular weight is 217 g/mol. The van der Waals surface area contributed by atoms with Crippen molar-refractivity contribution in [3.63, 3.8) is 0 Å². The first-order chi connectivity index (χ1) is 7.78. The average Bonchev–Trinajstić information content (AvgIpc) is 2.88. The number of likely N-dealkylation sites (tertiary alicyclic amines) is 1. The number of likely N-dealkylation sites (N-methyl/N-ethyl adjacent to an activating group) is 1. The lowest BCUT2D eigenvalue weighted by atomic mass is 10.2. The van der Waals surface area contributed by atoms with Crippen molar-refractivity contribution in [1.29, 1.82) is 0 Å². The quantitative estimate of drug-likeness (QED) is 0.803. The van der Waals surface area contributed by atoms with Crippen LogP contribution in [-0.4, -0.2) is 37.1 Å². The van der Waals surface area contributed by atoms with E-state index in [1.807, 2.05) is 0 Å². The number of hydrogen-bond donors (Lipinski definition) is 1. The smallest absolute Gasteiger partial charge is 0.0433 e. The summed E-state index contributed by atoms with van der Waals surface area (Å²) in [6, 6.07) is 10.2. The first-order valence-electron chi connectivity index (χ1n) is 6.04. The molecule has 2 N–H and O–H groups in total. The third kappa shape index (κ3) is 1.51. The molecule has 2 saturated heterocycles. The third-order valence-electron chi connectivity index (χ3n) is 4.02. The van der Waals surface area contributed by atoms with Gasteiger partial charge in [0.2, 0.25) is 0 Å². The SMILES string of the molecule is CN1CC2CC1CN2c1ccc(CN)cc1. The fraction of sp³-hybridized carbons (Fsp3) is 0.538. The van der Waals surface area contributed by atoms with Crippen molar-refractivity contribution in [3.05, 3.63) is 29.8 Å². The van der Waals surface area contributed by atoms with Gasteiger partial charge in [-0.1, -0.05) is 12.1 Å². The topological polar surface area (TPSA) is 32.5 Å². The van der Waals surface area contributed by atoms with Gasteiger partial charge in [0, 0.05) is 37.4 Å². The molecule has 3 rings (SSSR count). The molecule has 0 aliphatic carbocycles. The van der Waals surface area contributed by atoms with Gasteiger partial charge in [0.05, 0.1) is 0 Å². The Morgan fingerprint density at radius 2 is 1.94 bits per heavy atom. The molecule has 3 heteroatoms. The minimum atomic E-state index is 0.634. The van der Waals surface area contributed by atoms with Gasteiger partial charge >= 0.3 is 0 Å². The van der Waals surface area contributed by atoms with Crippen molar-refractivity contribution < 1.29 is 0 Å². The molecule has 2 unspecified atom stereocenters. The first-order valence-corrected chi connectivity index (χ1v) is 6.04. The molecule has 0 saturated carbocycles. The van der Waals surface area contributed by atoms with E-state index in [0.717, 1.165) is 12.1 Å². The van der Waals surface area contributed by atoms with E-state index in [1.165, 1.54) is 30.8 Å². The molecule has 16 heavy (non-hydrogen) atoms. The van der Waals surface area contributed by atoms with Crippen molar-refractivity contribution >= 4 is 5.69 Å². The number of benzene rings is 1. The monoisotopic (exact) mass is 217 g/mol. The number of nitrogens with two attached hydrogens (primary N) is 1. The summed E-state index contributed by atoms with van der Waals surface area (Å²) in [5.41, 5.74) is 8.18. The Bertz CT molecular complexity index is 371. The fourth-order valence-corrected chi connectivity index (χ4v) is 3.01. The maximum atomic E-state index is 5.61. The highest BCUT2D eigenvalue weighted by Gasteiger charge is 2.41. The Labute approximate surface area is 96.8 Å². The molecule has 2 aliphatic heterocycles. The van der Waals surface area contributed by atoms with Crippen LogP contribution in [0.25, 0.3) is 0 Å². The third-order valence-corrected chi connectivity index (χ3v) is 4.02. The highest BCUT2D eigenvalue weighted by molar-refractivity contribution is 5.51. The maximum Gasteiger partial charge on any atom is 0.0433 e. The Morgan fingerprint density at radius 1 is 1.19 bits per heavy atom. The van der Waals surface area contributed by atoms with Crippen molar-refractivity contribution in [1.82, 2.24) is 4.90 Å². The Balaban J connectivity index is 1.79. The van der Waals surface area contributed by atoms with Crippen LogP contribution in [0, 0.1) is 0 Å². The molecule has 1 aromatic carbocycles. The summed E-state index contributed by atoms with van der Waals surface area (Å²) in [5, 5.41) is 0. The van der Waals surface area contributed by atoms with Crippen LogP contribution in [0.2, 0.25) is 0 Å². The molecular weight excluding hydrogens is 198 g/mol. The van der Waals surface area contributed by atoms with Crippen molar-refractivity contribution in [3.8, 4) is 0 Å². The second-order valence-electron chi connectivity index (χ2n) is 5.01. The summed E-state index contributed by atoms with van der Waals surface area (Å²) < 4.78 is 0. The van der Waals surface area contributed by atoms with Crippen molar-refractivity contribution in [2.24, 2.45) is 5.73 Å². The van der Waals surface area contributed by atoms with Crippen LogP contribution in [0.15, 0.2) is 24.3 Å². The summed E-state index contributed by atoms with van der Waals surface area (Å²) in [5.74, 6) is 0. The standard InChI is InChI=1S/C13H19N3/c1-15-8-13-6-12(15)9-16(13)11-4-2-10(7-14)3-5-11/h2-5,12-13H,6-9,14H2,1H3. The van der Waals surface area contributed by atoms with Gasteiger partial charge in [-0.3, -0.25) is 4.90 Å². The van der Waals surface area contributed by atoms with Crippen LogP contribution in [-0.2, 0) is 6.54 Å². The number of piperazine rings is 1. The summed E-state index contributed by atoms with van der Waals surface area (Å²) in [6.07, 6.45) is 1.33. The van der Waals surface area contributed by atoms with Gasteiger partial charge in [-0.05, 0) is 31.2 Å². The molecule has 2 atom stereocenters. The van der Waals surface area contributed by atoms with Gasteiger partial charge < -0.3 is 10.6 Å². The van der Waals surface area contributed by atoms with Crippen LogP contribution in [0.3, 0.4) is 0 Å². The van der Waals surface area contributed by atoms with E-state index in [2.05, 4.69) is 41.1 Å². The zero-order valence-electron chi connectivity index (χ0n) is 9.76. The number of nitrogens with zero attached hydrogens (tertiary/aromatic N) is 2. The molecule has 2 fully saturated rings. The van der Waals surface area contributed by atoms with Gasteiger partial charge in [0.25, 0.3) is 0 Å². The van der Waals surface area contributed by atoms with Gasteiger partial charge in [0.1, 0.15) is 0 Å². The lowest BCUT2D eigenvalue weighted by Crippen LogP contribution is -2.44. The first kappa shape index (κ1) is 10.1. The second kappa shape index (κ2) is 3.75. The molecule has 3 nitrogen and oxygen atoms in total. The molecule has 2 bridgehead atoms. The van der Waals surface area contributed by atoms with Gasteiger partial charge in [-0.15, -0.1) is 0 Å². The molecule has 1 aromatic rings. The van der Waals surface area contributed by atoms with Crippen molar-refractivity contribution in [2.45, 2.75) is 25.0 Å². The number of rotatable bonds is 2. The molecule has 0 radical (unpaired) electrons. The Morgan fingerprint density at radius 3 is 2.44 bits per heavy atom. The van der Waals surface area contributed by atoms with E-state index in [4.69, 9.17) is 5.73 Å². The fourth-order valence-electron chi connectivity index (χ4n) is 3.01. The Hall–Kier alpha value is -1.06. The van der Waals surface area contributed by atoms with E-state index in [-0.39, 0.29) is 0 Å². The molecule has 2 aliphatic rings. The zero-order chi connectivity index (χ0) is 11.1. The maximum absolute atomic E-state index is 5.61. The lowest BCUT2D eigenvalue weighted by molar-refractivity contribution is 0.292. The number of fused-ring (bicyclic) bond motifs is 2. The normalized spacial score (nSPS) is 29.0. The largest absolute Gasteiger partial charge is 0.366 e. The van der Waals surface area contributed by atoms with Crippen LogP contribution < -0.4 is 10.6 Å². The molecule has 0 amide bonds. The zero-order valence-corrected chi connectivity index (χ0v) is 9.76. The van der Waals surface area contributed by atoms with E-state index < -0.39 is 0 Å². The van der Waals surface area contributed by atoms with E-state index in [1.54, 1.807) is 0 Å². The van der Waals surface area contributed by atoms with Crippen LogP contribution >= 0.6 is 0 Å². The second-order valence-corrected chi connectivity index (χ2v) is 5.01. The van der Waals surface area contributed by atoms with E-state index >= 15 is 0 Å². The van der Waals surface area contributed by atoms with Gasteiger partial charge in [0.15, 0.2) is 0 Å². The summed E-state index contributed by atoms with van der Waals surface area (Å²) in [6.45, 7) is 3.03. The molecule has 0 spiro atoms. The summed E-state index contributed by atoms with van der Waals surface area (Å²) in [4.78, 5) is 5.03. The Kier molecular flexibility index (Phi) is 2.37. The number of anilines is 1. The van der Waals surface area contributed by atoms with E-state index in [0.29, 0.717) is 6.54 Å². The number of hydrogen-bond acceptors (Lipinski definition) is 3. The van der Waals surface area contributed by atoms with Crippen LogP contribution in [0.4, 0.5) is 5.69 Å². The lowest BCUT2D eigenvalue weighted by Gasteiger charge is -2.33. The molecule has 86 valence electrons. The highest BCUT2D eigenvalue weighted by atomic mass is 15.3. The molecule has 2 heterocycles. The van der Waals surface area contributed by atoms with Gasteiger partial charge in [-0.25, -0.2) is 0 Å². The highest BCUT2D eigenvalue weighted by Crippen LogP contribution is 2.33.